The van der Waals surface area contributed by atoms with Gasteiger partial charge in [-0.05, 0) is 13.0 Å². The summed E-state index contributed by atoms with van der Waals surface area (Å²) in [6.45, 7) is 3.58. The summed E-state index contributed by atoms with van der Waals surface area (Å²) in [6, 6.07) is 3.15. The second-order valence-corrected chi connectivity index (χ2v) is 4.41. The van der Waals surface area contributed by atoms with Crippen LogP contribution in [-0.4, -0.2) is 46.8 Å². The summed E-state index contributed by atoms with van der Waals surface area (Å²) in [7, 11) is 0. The van der Waals surface area contributed by atoms with Gasteiger partial charge >= 0.3 is 5.88 Å². The molecule has 100 valence electrons. The number of aliphatic hydroxyl groups is 1. The molecule has 0 aliphatic carbocycles. The summed E-state index contributed by atoms with van der Waals surface area (Å²) >= 11 is 0. The minimum Gasteiger partial charge on any atom is -0.404 e. The third-order valence-corrected chi connectivity index (χ3v) is 3.02. The highest BCUT2D eigenvalue weighted by Gasteiger charge is 2.26. The molecule has 1 fully saturated rings. The first kappa shape index (κ1) is 13.0. The lowest BCUT2D eigenvalue weighted by Crippen LogP contribution is -2.48. The fraction of sp³-hybridized carbons (Fsp3) is 0.636. The first-order chi connectivity index (χ1) is 8.60. The summed E-state index contributed by atoms with van der Waals surface area (Å²) < 4.78 is 10.5. The van der Waals surface area contributed by atoms with Crippen LogP contribution in [0.25, 0.3) is 0 Å². The Balaban J connectivity index is 2.00. The molecule has 1 aromatic heterocycles. The second-order valence-electron chi connectivity index (χ2n) is 4.41. The van der Waals surface area contributed by atoms with Crippen molar-refractivity contribution in [3.63, 3.8) is 0 Å². The summed E-state index contributed by atoms with van der Waals surface area (Å²) in [6.07, 6.45) is -0.203. The van der Waals surface area contributed by atoms with Crippen LogP contribution in [0.4, 0.5) is 5.88 Å². The largest absolute Gasteiger partial charge is 0.433 e. The van der Waals surface area contributed by atoms with Gasteiger partial charge in [0.05, 0.1) is 31.9 Å². The Labute approximate surface area is 104 Å². The highest BCUT2D eigenvalue weighted by molar-refractivity contribution is 5.17. The highest BCUT2D eigenvalue weighted by Crippen LogP contribution is 2.20. The molecule has 7 nitrogen and oxygen atoms in total. The van der Waals surface area contributed by atoms with E-state index in [4.69, 9.17) is 14.3 Å². The van der Waals surface area contributed by atoms with E-state index in [0.29, 0.717) is 25.5 Å². The van der Waals surface area contributed by atoms with Crippen LogP contribution < -0.4 is 0 Å². The molecule has 1 saturated heterocycles. The van der Waals surface area contributed by atoms with E-state index < -0.39 is 4.92 Å². The van der Waals surface area contributed by atoms with E-state index in [1.54, 1.807) is 6.07 Å². The zero-order valence-electron chi connectivity index (χ0n) is 10.1. The number of hydrogen-bond donors (Lipinski definition) is 1. The lowest BCUT2D eigenvalue weighted by atomic mass is 10.2. The van der Waals surface area contributed by atoms with Crippen molar-refractivity contribution in [3.8, 4) is 0 Å². The Morgan fingerprint density at radius 3 is 3.00 bits per heavy atom. The fourth-order valence-corrected chi connectivity index (χ4v) is 1.96. The summed E-state index contributed by atoms with van der Waals surface area (Å²) in [5.41, 5.74) is 0. The lowest BCUT2D eigenvalue weighted by Gasteiger charge is -2.36. The Hall–Kier alpha value is -1.44. The quantitative estimate of drug-likeness (QED) is 0.632. The first-order valence-corrected chi connectivity index (χ1v) is 5.79. The topological polar surface area (TPSA) is 89.0 Å². The molecule has 1 aliphatic heterocycles. The van der Waals surface area contributed by atoms with Gasteiger partial charge in [-0.1, -0.05) is 0 Å². The number of nitrogens with zero attached hydrogens (tertiary/aromatic N) is 2. The van der Waals surface area contributed by atoms with Crippen LogP contribution in [0, 0.1) is 10.1 Å². The number of aliphatic hydroxyl groups excluding tert-OH is 1. The summed E-state index contributed by atoms with van der Waals surface area (Å²) in [4.78, 5) is 12.0. The van der Waals surface area contributed by atoms with Gasteiger partial charge in [0.15, 0.2) is 0 Å². The molecule has 0 saturated carbocycles. The van der Waals surface area contributed by atoms with Gasteiger partial charge in [0.25, 0.3) is 0 Å². The van der Waals surface area contributed by atoms with Gasteiger partial charge in [-0.2, -0.15) is 0 Å². The average molecular weight is 256 g/mol. The van der Waals surface area contributed by atoms with Gasteiger partial charge in [0.1, 0.15) is 10.7 Å². The maximum Gasteiger partial charge on any atom is 0.433 e. The molecule has 0 bridgehead atoms. The van der Waals surface area contributed by atoms with E-state index in [9.17, 15) is 10.1 Å². The maximum absolute atomic E-state index is 10.5. The average Bonchev–Trinajstić information content (AvgIpc) is 2.81. The smallest absolute Gasteiger partial charge is 0.404 e. The molecule has 1 aliphatic rings. The van der Waals surface area contributed by atoms with Crippen molar-refractivity contribution in [3.05, 3.63) is 28.0 Å². The number of furan rings is 1. The molecular weight excluding hydrogens is 240 g/mol. The third-order valence-electron chi connectivity index (χ3n) is 3.02. The van der Waals surface area contributed by atoms with Crippen molar-refractivity contribution in [2.24, 2.45) is 0 Å². The Morgan fingerprint density at radius 1 is 1.61 bits per heavy atom. The van der Waals surface area contributed by atoms with Gasteiger partial charge in [-0.25, -0.2) is 0 Å². The van der Waals surface area contributed by atoms with E-state index in [1.807, 2.05) is 6.92 Å². The molecule has 1 N–H and O–H groups in total. The van der Waals surface area contributed by atoms with Gasteiger partial charge in [0.2, 0.25) is 0 Å². The molecular formula is C11H16N2O5. The molecule has 2 heterocycles. The minimum absolute atomic E-state index is 0.0263. The monoisotopic (exact) mass is 256 g/mol. The Morgan fingerprint density at radius 2 is 2.39 bits per heavy atom. The molecule has 1 aromatic rings. The number of hydrogen-bond acceptors (Lipinski definition) is 6. The van der Waals surface area contributed by atoms with Gasteiger partial charge in [-0.15, -0.1) is 0 Å². The predicted octanol–water partition coefficient (Wildman–Crippen LogP) is 0.769. The van der Waals surface area contributed by atoms with Crippen LogP contribution in [0.3, 0.4) is 0 Å². The zero-order valence-corrected chi connectivity index (χ0v) is 10.1. The van der Waals surface area contributed by atoms with E-state index in [1.165, 1.54) is 6.07 Å². The third kappa shape index (κ3) is 2.87. The standard InChI is InChI=1S/C11H16N2O5/c1-8-7-17-10(6-14)5-12(8)4-9-2-3-11(18-9)13(15)16/h2-3,8,10,14H,4-7H2,1H3. The zero-order chi connectivity index (χ0) is 13.1. The van der Waals surface area contributed by atoms with Crippen LogP contribution in [0.2, 0.25) is 0 Å². The lowest BCUT2D eigenvalue weighted by molar-refractivity contribution is -0.402. The molecule has 2 unspecified atom stereocenters. The van der Waals surface area contributed by atoms with Crippen molar-refractivity contribution in [2.45, 2.75) is 25.6 Å². The van der Waals surface area contributed by atoms with Crippen molar-refractivity contribution >= 4 is 5.88 Å². The van der Waals surface area contributed by atoms with Crippen LogP contribution in [0.1, 0.15) is 12.7 Å². The SMILES string of the molecule is CC1COC(CO)CN1Cc1ccc([N+](=O)[O-])o1. The minimum atomic E-state index is -0.553. The number of nitro groups is 1. The summed E-state index contributed by atoms with van der Waals surface area (Å²) in [5.74, 6) is 0.303. The second kappa shape index (κ2) is 5.47. The number of morpholine rings is 1. The van der Waals surface area contributed by atoms with Crippen molar-refractivity contribution < 1.29 is 19.2 Å². The molecule has 2 rings (SSSR count). The van der Waals surface area contributed by atoms with Crippen LogP contribution >= 0.6 is 0 Å². The molecule has 0 radical (unpaired) electrons. The van der Waals surface area contributed by atoms with E-state index in [-0.39, 0.29) is 24.6 Å². The summed E-state index contributed by atoms with van der Waals surface area (Å²) in [5, 5.41) is 19.6. The first-order valence-electron chi connectivity index (χ1n) is 5.79. The number of rotatable bonds is 4. The Bertz CT molecular complexity index is 419. The van der Waals surface area contributed by atoms with Crippen LogP contribution in [0.5, 0.6) is 0 Å². The van der Waals surface area contributed by atoms with Gasteiger partial charge < -0.3 is 14.3 Å². The molecule has 0 aromatic carbocycles. The molecule has 0 spiro atoms. The van der Waals surface area contributed by atoms with Gasteiger partial charge in [-0.3, -0.25) is 15.0 Å². The maximum atomic E-state index is 10.5. The van der Waals surface area contributed by atoms with Crippen molar-refractivity contribution in [2.75, 3.05) is 19.8 Å². The normalized spacial score (nSPS) is 25.2. The van der Waals surface area contributed by atoms with E-state index >= 15 is 0 Å². The Kier molecular flexibility index (Phi) is 3.95. The molecule has 0 amide bonds. The fourth-order valence-electron chi connectivity index (χ4n) is 1.96. The van der Waals surface area contributed by atoms with Crippen LogP contribution in [0.15, 0.2) is 16.5 Å². The van der Waals surface area contributed by atoms with Crippen molar-refractivity contribution in [1.82, 2.24) is 4.90 Å². The van der Waals surface area contributed by atoms with Gasteiger partial charge in [0, 0.05) is 12.6 Å². The highest BCUT2D eigenvalue weighted by atomic mass is 16.6. The number of ether oxygens (including phenoxy) is 1. The van der Waals surface area contributed by atoms with E-state index in [2.05, 4.69) is 4.90 Å². The van der Waals surface area contributed by atoms with Crippen LogP contribution in [-0.2, 0) is 11.3 Å². The molecule has 7 heteroatoms. The molecule has 18 heavy (non-hydrogen) atoms. The molecule has 2 atom stereocenters. The van der Waals surface area contributed by atoms with Crippen molar-refractivity contribution in [1.29, 1.82) is 0 Å². The van der Waals surface area contributed by atoms with E-state index in [0.717, 1.165) is 0 Å². The predicted molar refractivity (Wildman–Crippen MR) is 62.1 cm³/mol.